The quantitative estimate of drug-likeness (QED) is 0.571. The number of nitriles is 1. The number of thioether (sulfide) groups is 1. The van der Waals surface area contributed by atoms with Crippen molar-refractivity contribution in [3.63, 3.8) is 0 Å². The second kappa shape index (κ2) is 5.63. The van der Waals surface area contributed by atoms with Gasteiger partial charge in [-0.25, -0.2) is 4.68 Å². The first kappa shape index (κ1) is 11.9. The topological polar surface area (TPSA) is 96.5 Å². The number of rotatable bonds is 6. The van der Waals surface area contributed by atoms with Crippen LogP contribution in [-0.2, 0) is 4.79 Å². The summed E-state index contributed by atoms with van der Waals surface area (Å²) in [6, 6.07) is 2.38. The Balaban J connectivity index is 1.75. The van der Waals surface area contributed by atoms with Crippen LogP contribution in [0.3, 0.4) is 0 Å². The van der Waals surface area contributed by atoms with Crippen LogP contribution >= 0.6 is 11.8 Å². The number of hydrogen-bond acceptors (Lipinski definition) is 6. The summed E-state index contributed by atoms with van der Waals surface area (Å²) < 4.78 is 1.77. The molecule has 0 aromatic carbocycles. The Kier molecular flexibility index (Phi) is 3.93. The van der Waals surface area contributed by atoms with Gasteiger partial charge in [-0.2, -0.15) is 5.26 Å². The number of aromatic nitrogens is 4. The van der Waals surface area contributed by atoms with Gasteiger partial charge in [0, 0.05) is 6.54 Å². The Bertz CT molecular complexity index is 435. The van der Waals surface area contributed by atoms with E-state index in [0.29, 0.717) is 24.2 Å². The van der Waals surface area contributed by atoms with Gasteiger partial charge in [-0.15, -0.1) is 5.10 Å². The number of carbonyl (C=O) groups is 1. The highest BCUT2D eigenvalue weighted by molar-refractivity contribution is 7.99. The van der Waals surface area contributed by atoms with Crippen LogP contribution in [0.25, 0.3) is 0 Å². The van der Waals surface area contributed by atoms with Crippen molar-refractivity contribution in [1.82, 2.24) is 25.5 Å². The summed E-state index contributed by atoms with van der Waals surface area (Å²) in [7, 11) is 0. The molecule has 0 saturated heterocycles. The predicted molar refractivity (Wildman–Crippen MR) is 60.1 cm³/mol. The van der Waals surface area contributed by atoms with Gasteiger partial charge in [0.1, 0.15) is 0 Å². The van der Waals surface area contributed by atoms with E-state index >= 15 is 0 Å². The molecule has 7 nitrogen and oxygen atoms in total. The van der Waals surface area contributed by atoms with Crippen molar-refractivity contribution in [3.8, 4) is 6.07 Å². The second-order valence-electron chi connectivity index (χ2n) is 3.68. The van der Waals surface area contributed by atoms with Crippen molar-refractivity contribution in [2.75, 3.05) is 12.3 Å². The summed E-state index contributed by atoms with van der Waals surface area (Å²) in [5.74, 6) is 0.175. The molecule has 0 radical (unpaired) electrons. The fourth-order valence-electron chi connectivity index (χ4n) is 1.27. The molecule has 90 valence electrons. The Morgan fingerprint density at radius 2 is 2.47 bits per heavy atom. The van der Waals surface area contributed by atoms with Crippen LogP contribution in [0.1, 0.15) is 25.3 Å². The first-order valence-corrected chi connectivity index (χ1v) is 6.34. The van der Waals surface area contributed by atoms with E-state index in [1.807, 2.05) is 6.07 Å². The van der Waals surface area contributed by atoms with Crippen LogP contribution in [0.4, 0.5) is 0 Å². The molecule has 17 heavy (non-hydrogen) atoms. The first-order valence-electron chi connectivity index (χ1n) is 5.35. The lowest BCUT2D eigenvalue weighted by Crippen LogP contribution is -2.26. The SMILES string of the molecule is N#CCCNC(=O)CSc1nnnn1C1CC1. The van der Waals surface area contributed by atoms with Gasteiger partial charge in [0.15, 0.2) is 0 Å². The molecule has 1 saturated carbocycles. The van der Waals surface area contributed by atoms with Gasteiger partial charge in [-0.05, 0) is 23.3 Å². The molecule has 1 aliphatic rings. The Hall–Kier alpha value is -1.62. The van der Waals surface area contributed by atoms with E-state index in [1.54, 1.807) is 4.68 Å². The zero-order valence-electron chi connectivity index (χ0n) is 9.17. The van der Waals surface area contributed by atoms with E-state index in [1.165, 1.54) is 11.8 Å². The van der Waals surface area contributed by atoms with E-state index in [4.69, 9.17) is 5.26 Å². The lowest BCUT2D eigenvalue weighted by molar-refractivity contribution is -0.118. The number of carbonyl (C=O) groups excluding carboxylic acids is 1. The van der Waals surface area contributed by atoms with E-state index in [2.05, 4.69) is 20.8 Å². The highest BCUT2D eigenvalue weighted by atomic mass is 32.2. The maximum atomic E-state index is 11.4. The van der Waals surface area contributed by atoms with E-state index < -0.39 is 0 Å². The summed E-state index contributed by atoms with van der Waals surface area (Å²) in [5, 5.41) is 23.0. The Morgan fingerprint density at radius 3 is 3.18 bits per heavy atom. The van der Waals surface area contributed by atoms with Crippen LogP contribution < -0.4 is 5.32 Å². The number of hydrogen-bond donors (Lipinski definition) is 1. The molecule has 1 amide bonds. The average molecular weight is 252 g/mol. The summed E-state index contributed by atoms with van der Waals surface area (Å²) in [6.45, 7) is 0.392. The van der Waals surface area contributed by atoms with Crippen molar-refractivity contribution in [2.45, 2.75) is 30.5 Å². The smallest absolute Gasteiger partial charge is 0.230 e. The summed E-state index contributed by atoms with van der Waals surface area (Å²) in [6.07, 6.45) is 2.54. The summed E-state index contributed by atoms with van der Waals surface area (Å²) in [4.78, 5) is 11.4. The normalized spacial score (nSPS) is 14.3. The maximum Gasteiger partial charge on any atom is 0.230 e. The van der Waals surface area contributed by atoms with Crippen molar-refractivity contribution in [3.05, 3.63) is 0 Å². The van der Waals surface area contributed by atoms with Crippen molar-refractivity contribution < 1.29 is 4.79 Å². The third-order valence-corrected chi connectivity index (χ3v) is 3.18. The molecule has 0 atom stereocenters. The van der Waals surface area contributed by atoms with Gasteiger partial charge in [0.2, 0.25) is 11.1 Å². The predicted octanol–water partition coefficient (Wildman–Crippen LogP) is 0.130. The zero-order valence-corrected chi connectivity index (χ0v) is 9.98. The molecule has 0 spiro atoms. The van der Waals surface area contributed by atoms with Gasteiger partial charge < -0.3 is 5.32 Å². The van der Waals surface area contributed by atoms with E-state index in [0.717, 1.165) is 12.8 Å². The maximum absolute atomic E-state index is 11.4. The molecule has 1 N–H and O–H groups in total. The summed E-state index contributed by atoms with van der Waals surface area (Å²) in [5.41, 5.74) is 0. The fraction of sp³-hybridized carbons (Fsp3) is 0.667. The van der Waals surface area contributed by atoms with Crippen molar-refractivity contribution in [2.24, 2.45) is 0 Å². The molecular weight excluding hydrogens is 240 g/mol. The van der Waals surface area contributed by atoms with E-state index in [-0.39, 0.29) is 11.7 Å². The minimum Gasteiger partial charge on any atom is -0.354 e. The molecule has 1 fully saturated rings. The minimum atomic E-state index is -0.101. The van der Waals surface area contributed by atoms with Gasteiger partial charge >= 0.3 is 0 Å². The molecule has 0 aliphatic heterocycles. The van der Waals surface area contributed by atoms with Crippen LogP contribution in [0.15, 0.2) is 5.16 Å². The fourth-order valence-corrected chi connectivity index (χ4v) is 2.04. The zero-order chi connectivity index (χ0) is 12.1. The monoisotopic (exact) mass is 252 g/mol. The van der Waals surface area contributed by atoms with Crippen LogP contribution in [0.2, 0.25) is 0 Å². The number of nitrogens with one attached hydrogen (secondary N) is 1. The third kappa shape index (κ3) is 3.42. The van der Waals surface area contributed by atoms with Crippen LogP contribution in [0, 0.1) is 11.3 Å². The first-order chi connectivity index (χ1) is 8.31. The van der Waals surface area contributed by atoms with Crippen LogP contribution in [-0.4, -0.2) is 38.4 Å². The minimum absolute atomic E-state index is 0.101. The standard InChI is InChI=1S/C9H12N6OS/c10-4-1-5-11-8(16)6-17-9-12-13-14-15(9)7-2-3-7/h7H,1-3,5-6H2,(H,11,16). The Morgan fingerprint density at radius 1 is 1.65 bits per heavy atom. The molecule has 2 rings (SSSR count). The third-order valence-electron chi connectivity index (χ3n) is 2.25. The van der Waals surface area contributed by atoms with Gasteiger partial charge in [0.05, 0.1) is 24.3 Å². The largest absolute Gasteiger partial charge is 0.354 e. The van der Waals surface area contributed by atoms with Crippen LogP contribution in [0.5, 0.6) is 0 Å². The lowest BCUT2D eigenvalue weighted by atomic mass is 10.4. The second-order valence-corrected chi connectivity index (χ2v) is 4.63. The summed E-state index contributed by atoms with van der Waals surface area (Å²) >= 11 is 1.32. The molecule has 0 bridgehead atoms. The molecular formula is C9H12N6OS. The van der Waals surface area contributed by atoms with Gasteiger partial charge in [-0.1, -0.05) is 11.8 Å². The van der Waals surface area contributed by atoms with Gasteiger partial charge in [-0.3, -0.25) is 4.79 Å². The van der Waals surface area contributed by atoms with E-state index in [9.17, 15) is 4.79 Å². The Labute approximate surface area is 103 Å². The molecule has 1 heterocycles. The number of tetrazole rings is 1. The highest BCUT2D eigenvalue weighted by Crippen LogP contribution is 2.36. The number of amides is 1. The molecule has 0 unspecified atom stereocenters. The van der Waals surface area contributed by atoms with Crippen molar-refractivity contribution in [1.29, 1.82) is 5.26 Å². The van der Waals surface area contributed by atoms with Crippen molar-refractivity contribution >= 4 is 17.7 Å². The molecule has 1 aromatic rings. The molecule has 1 aromatic heterocycles. The lowest BCUT2D eigenvalue weighted by Gasteiger charge is -2.02. The molecule has 1 aliphatic carbocycles. The average Bonchev–Trinajstić information content (AvgIpc) is 3.06. The molecule has 8 heteroatoms. The number of nitrogens with zero attached hydrogens (tertiary/aromatic N) is 5. The highest BCUT2D eigenvalue weighted by Gasteiger charge is 2.28. The van der Waals surface area contributed by atoms with Gasteiger partial charge in [0.25, 0.3) is 0 Å².